The maximum atomic E-state index is 13.4. The first-order chi connectivity index (χ1) is 18.0. The lowest BCUT2D eigenvalue weighted by molar-refractivity contribution is 0.0730. The van der Waals surface area contributed by atoms with Gasteiger partial charge in [-0.2, -0.15) is 10.2 Å². The Morgan fingerprint density at radius 2 is 1.86 bits per heavy atom. The number of aromatic nitrogens is 5. The first kappa shape index (κ1) is 24.4. The van der Waals surface area contributed by atoms with E-state index in [9.17, 15) is 9.59 Å². The number of rotatable bonds is 8. The van der Waals surface area contributed by atoms with Gasteiger partial charge >= 0.3 is 0 Å². The van der Waals surface area contributed by atoms with Crippen LogP contribution in [0.15, 0.2) is 67.3 Å². The fraction of sp³-hybridized carbons (Fsp3) is 0.321. The average Bonchev–Trinajstić information content (AvgIpc) is 3.52. The third-order valence-corrected chi connectivity index (χ3v) is 6.42. The van der Waals surface area contributed by atoms with Crippen molar-refractivity contribution in [2.75, 3.05) is 6.54 Å². The molecule has 0 atom stereocenters. The Bertz CT molecular complexity index is 1380. The minimum Gasteiger partial charge on any atom is -0.346 e. The zero-order chi connectivity index (χ0) is 25.8. The fourth-order valence-electron chi connectivity index (χ4n) is 4.63. The molecule has 1 N–H and O–H groups in total. The summed E-state index contributed by atoms with van der Waals surface area (Å²) < 4.78 is 3.72. The van der Waals surface area contributed by atoms with Gasteiger partial charge in [-0.05, 0) is 23.1 Å². The van der Waals surface area contributed by atoms with Crippen molar-refractivity contribution < 1.29 is 9.59 Å². The van der Waals surface area contributed by atoms with Crippen LogP contribution in [-0.4, -0.2) is 47.8 Å². The number of carbonyl (C=O) groups is 2. The van der Waals surface area contributed by atoms with E-state index in [4.69, 9.17) is 5.10 Å². The van der Waals surface area contributed by atoms with E-state index in [-0.39, 0.29) is 11.8 Å². The Morgan fingerprint density at radius 1 is 1.05 bits per heavy atom. The Kier molecular flexibility index (Phi) is 7.11. The Balaban J connectivity index is 1.33. The number of carbonyl (C=O) groups excluding carboxylic acids is 2. The van der Waals surface area contributed by atoms with Gasteiger partial charge in [-0.1, -0.05) is 50.2 Å². The minimum absolute atomic E-state index is 0.0942. The lowest BCUT2D eigenvalue weighted by Crippen LogP contribution is -2.37. The molecule has 5 rings (SSSR count). The Morgan fingerprint density at radius 3 is 2.62 bits per heavy atom. The first-order valence-electron chi connectivity index (χ1n) is 12.6. The van der Waals surface area contributed by atoms with Crippen LogP contribution in [-0.2, 0) is 32.6 Å². The van der Waals surface area contributed by atoms with Crippen molar-refractivity contribution in [2.24, 2.45) is 5.92 Å². The molecule has 4 heterocycles. The topological polar surface area (TPSA) is 97.9 Å². The van der Waals surface area contributed by atoms with Crippen molar-refractivity contribution in [1.82, 2.24) is 34.8 Å². The summed E-state index contributed by atoms with van der Waals surface area (Å²) in [6.45, 7) is 6.84. The summed E-state index contributed by atoms with van der Waals surface area (Å²) in [5, 5.41) is 12.0. The SMILES string of the molecule is CC(C)Cn1nc(C(=O)NCc2cccnc2)c2c1CCN(C(=O)c1cnn(Cc3ccccc3)c1)C2. The van der Waals surface area contributed by atoms with Gasteiger partial charge in [0.1, 0.15) is 0 Å². The smallest absolute Gasteiger partial charge is 0.272 e. The van der Waals surface area contributed by atoms with Gasteiger partial charge in [0.2, 0.25) is 0 Å². The average molecular weight is 498 g/mol. The number of hydrogen-bond acceptors (Lipinski definition) is 5. The van der Waals surface area contributed by atoms with E-state index in [0.717, 1.165) is 28.9 Å². The third-order valence-electron chi connectivity index (χ3n) is 6.42. The molecule has 0 bridgehead atoms. The molecule has 190 valence electrons. The van der Waals surface area contributed by atoms with Crippen LogP contribution in [0.4, 0.5) is 0 Å². The van der Waals surface area contributed by atoms with E-state index in [0.29, 0.717) is 49.8 Å². The van der Waals surface area contributed by atoms with E-state index in [1.165, 1.54) is 0 Å². The number of hydrogen-bond donors (Lipinski definition) is 1. The summed E-state index contributed by atoms with van der Waals surface area (Å²) in [6.07, 6.45) is 7.48. The number of benzene rings is 1. The van der Waals surface area contributed by atoms with Crippen molar-refractivity contribution in [3.63, 3.8) is 0 Å². The Labute approximate surface area is 216 Å². The van der Waals surface area contributed by atoms with Gasteiger partial charge in [0.05, 0.1) is 24.8 Å². The highest BCUT2D eigenvalue weighted by Gasteiger charge is 2.31. The van der Waals surface area contributed by atoms with Crippen LogP contribution >= 0.6 is 0 Å². The molecule has 1 aliphatic rings. The van der Waals surface area contributed by atoms with Crippen molar-refractivity contribution in [2.45, 2.75) is 46.4 Å². The summed E-state index contributed by atoms with van der Waals surface area (Å²) in [5.41, 5.74) is 4.81. The lowest BCUT2D eigenvalue weighted by Gasteiger charge is -2.27. The molecule has 1 aliphatic heterocycles. The molecular formula is C28H31N7O2. The number of amides is 2. The van der Waals surface area contributed by atoms with Gasteiger partial charge < -0.3 is 10.2 Å². The summed E-state index contributed by atoms with van der Waals surface area (Å²) in [4.78, 5) is 32.5. The molecule has 0 aliphatic carbocycles. The van der Waals surface area contributed by atoms with E-state index in [2.05, 4.69) is 29.2 Å². The Hall–Kier alpha value is -4.27. The van der Waals surface area contributed by atoms with Crippen molar-refractivity contribution in [1.29, 1.82) is 0 Å². The highest BCUT2D eigenvalue weighted by Crippen LogP contribution is 2.25. The second-order valence-electron chi connectivity index (χ2n) is 9.78. The molecule has 37 heavy (non-hydrogen) atoms. The predicted octanol–water partition coefficient (Wildman–Crippen LogP) is 3.31. The number of fused-ring (bicyclic) bond motifs is 1. The van der Waals surface area contributed by atoms with Gasteiger partial charge in [-0.25, -0.2) is 0 Å². The molecule has 2 amide bonds. The molecule has 1 aromatic carbocycles. The zero-order valence-electron chi connectivity index (χ0n) is 21.2. The minimum atomic E-state index is -0.243. The standard InChI is InChI=1S/C28H31N7O2/c1-20(2)16-35-25-10-12-33(28(37)23-15-31-34(18-23)17-21-7-4-3-5-8-21)19-24(25)26(32-35)27(36)30-14-22-9-6-11-29-13-22/h3-9,11,13,15,18,20H,10,12,14,16-17,19H2,1-2H3,(H,30,36). The van der Waals surface area contributed by atoms with E-state index < -0.39 is 0 Å². The van der Waals surface area contributed by atoms with Gasteiger partial charge in [-0.3, -0.25) is 23.9 Å². The maximum absolute atomic E-state index is 13.4. The number of nitrogens with zero attached hydrogens (tertiary/aromatic N) is 6. The second kappa shape index (κ2) is 10.8. The molecular weight excluding hydrogens is 466 g/mol. The van der Waals surface area contributed by atoms with Gasteiger partial charge in [0, 0.05) is 55.9 Å². The normalized spacial score (nSPS) is 13.0. The highest BCUT2D eigenvalue weighted by atomic mass is 16.2. The van der Waals surface area contributed by atoms with E-state index >= 15 is 0 Å². The first-order valence-corrected chi connectivity index (χ1v) is 12.6. The lowest BCUT2D eigenvalue weighted by atomic mass is 10.0. The van der Waals surface area contributed by atoms with Crippen LogP contribution in [0.25, 0.3) is 0 Å². The fourth-order valence-corrected chi connectivity index (χ4v) is 4.63. The molecule has 0 fully saturated rings. The largest absolute Gasteiger partial charge is 0.346 e. The van der Waals surface area contributed by atoms with Crippen molar-refractivity contribution in [3.05, 3.63) is 101 Å². The maximum Gasteiger partial charge on any atom is 0.272 e. The molecule has 9 nitrogen and oxygen atoms in total. The summed E-state index contributed by atoms with van der Waals surface area (Å²) in [6, 6.07) is 13.8. The van der Waals surface area contributed by atoms with E-state index in [1.54, 1.807) is 34.4 Å². The molecule has 0 unspecified atom stereocenters. The summed E-state index contributed by atoms with van der Waals surface area (Å²) in [5.74, 6) is 0.0429. The highest BCUT2D eigenvalue weighted by molar-refractivity contribution is 5.96. The predicted molar refractivity (Wildman–Crippen MR) is 139 cm³/mol. The van der Waals surface area contributed by atoms with Crippen LogP contribution in [0.5, 0.6) is 0 Å². The van der Waals surface area contributed by atoms with E-state index in [1.807, 2.05) is 47.1 Å². The molecule has 0 radical (unpaired) electrons. The molecule has 0 saturated carbocycles. The number of pyridine rings is 1. The second-order valence-corrected chi connectivity index (χ2v) is 9.78. The number of nitrogens with one attached hydrogen (secondary N) is 1. The quantitative estimate of drug-likeness (QED) is 0.403. The summed E-state index contributed by atoms with van der Waals surface area (Å²) in [7, 11) is 0. The third kappa shape index (κ3) is 5.61. The summed E-state index contributed by atoms with van der Waals surface area (Å²) >= 11 is 0. The van der Waals surface area contributed by atoms with Gasteiger partial charge in [-0.15, -0.1) is 0 Å². The monoisotopic (exact) mass is 497 g/mol. The van der Waals surface area contributed by atoms with Crippen molar-refractivity contribution in [3.8, 4) is 0 Å². The van der Waals surface area contributed by atoms with Gasteiger partial charge in [0.25, 0.3) is 11.8 Å². The molecule has 4 aromatic rings. The van der Waals surface area contributed by atoms with Crippen LogP contribution in [0, 0.1) is 5.92 Å². The zero-order valence-corrected chi connectivity index (χ0v) is 21.2. The van der Waals surface area contributed by atoms with Gasteiger partial charge in [0.15, 0.2) is 5.69 Å². The molecule has 0 saturated heterocycles. The molecule has 0 spiro atoms. The van der Waals surface area contributed by atoms with Crippen LogP contribution < -0.4 is 5.32 Å². The molecule has 3 aromatic heterocycles. The van der Waals surface area contributed by atoms with Crippen molar-refractivity contribution >= 4 is 11.8 Å². The molecule has 9 heteroatoms. The van der Waals surface area contributed by atoms with Crippen LogP contribution in [0.1, 0.15) is 57.1 Å². The van der Waals surface area contributed by atoms with Crippen LogP contribution in [0.2, 0.25) is 0 Å². The van der Waals surface area contributed by atoms with Crippen LogP contribution in [0.3, 0.4) is 0 Å².